The average molecular weight is 499 g/mol. The van der Waals surface area contributed by atoms with Gasteiger partial charge in [0.25, 0.3) is 0 Å². The van der Waals surface area contributed by atoms with Gasteiger partial charge >= 0.3 is 0 Å². The molecule has 1 saturated carbocycles. The molecule has 5 rings (SSSR count). The van der Waals surface area contributed by atoms with Crippen molar-refractivity contribution in [1.82, 2.24) is 19.7 Å². The molecular weight excluding hydrogens is 470 g/mol. The van der Waals surface area contributed by atoms with Crippen LogP contribution in [0.1, 0.15) is 35.7 Å². The number of carbonyl (C=O) groups is 1. The molecule has 1 aromatic heterocycles. The average Bonchev–Trinajstić information content (AvgIpc) is 3.22. The number of carbonyl (C=O) groups excluding carboxylic acids is 1. The van der Waals surface area contributed by atoms with Gasteiger partial charge in [-0.1, -0.05) is 17.8 Å². The molecule has 0 bridgehead atoms. The van der Waals surface area contributed by atoms with Crippen LogP contribution in [0.4, 0.5) is 8.78 Å². The number of likely N-dealkylation sites (tertiary alicyclic amines) is 1. The third-order valence-corrected chi connectivity index (χ3v) is 8.34. The number of hydrogen-bond donors (Lipinski definition) is 0. The number of rotatable bonds is 9. The highest BCUT2D eigenvalue weighted by atomic mass is 32.2. The molecular formula is C26H28F2N4O2S. The molecule has 2 fully saturated rings. The van der Waals surface area contributed by atoms with Gasteiger partial charge in [-0.25, -0.2) is 8.78 Å². The largest absolute Gasteiger partial charge is 0.496 e. The summed E-state index contributed by atoms with van der Waals surface area (Å²) in [5.74, 6) is 0.929. The second-order valence-electron chi connectivity index (χ2n) is 9.46. The third-order valence-electron chi connectivity index (χ3n) is 7.23. The molecule has 2 unspecified atom stereocenters. The van der Waals surface area contributed by atoms with E-state index in [0.717, 1.165) is 49.1 Å². The smallest absolute Gasteiger partial charge is 0.191 e. The van der Waals surface area contributed by atoms with Crippen molar-refractivity contribution in [3.63, 3.8) is 0 Å². The van der Waals surface area contributed by atoms with Gasteiger partial charge in [0.15, 0.2) is 28.4 Å². The molecule has 1 aliphatic heterocycles. The van der Waals surface area contributed by atoms with Crippen LogP contribution in [-0.2, 0) is 12.5 Å². The van der Waals surface area contributed by atoms with Crippen molar-refractivity contribution in [3.8, 4) is 17.1 Å². The molecule has 184 valence electrons. The molecule has 9 heteroatoms. The molecule has 35 heavy (non-hydrogen) atoms. The molecule has 2 aliphatic rings. The van der Waals surface area contributed by atoms with Crippen LogP contribution in [0.5, 0.6) is 5.75 Å². The lowest BCUT2D eigenvalue weighted by atomic mass is 9.92. The van der Waals surface area contributed by atoms with Crippen LogP contribution in [0.15, 0.2) is 41.6 Å². The zero-order valence-electron chi connectivity index (χ0n) is 20.1. The second kappa shape index (κ2) is 9.35. The van der Waals surface area contributed by atoms with E-state index >= 15 is 0 Å². The topological polar surface area (TPSA) is 60.2 Å². The summed E-state index contributed by atoms with van der Waals surface area (Å²) in [4.78, 5) is 14.6. The van der Waals surface area contributed by atoms with Gasteiger partial charge in [0.05, 0.1) is 12.7 Å². The van der Waals surface area contributed by atoms with Crippen molar-refractivity contribution in [3.05, 3.63) is 59.2 Å². The molecule has 1 saturated heterocycles. The maximum atomic E-state index is 13.6. The minimum absolute atomic E-state index is 0.0284. The van der Waals surface area contributed by atoms with Crippen molar-refractivity contribution in [1.29, 1.82) is 0 Å². The molecule has 0 spiro atoms. The van der Waals surface area contributed by atoms with Gasteiger partial charge in [0.1, 0.15) is 5.75 Å². The van der Waals surface area contributed by atoms with Crippen molar-refractivity contribution in [2.24, 2.45) is 13.0 Å². The minimum Gasteiger partial charge on any atom is -0.496 e. The highest BCUT2D eigenvalue weighted by molar-refractivity contribution is 7.99. The number of methoxy groups -OCH3 is 1. The van der Waals surface area contributed by atoms with Gasteiger partial charge in [0.2, 0.25) is 0 Å². The van der Waals surface area contributed by atoms with E-state index in [9.17, 15) is 13.6 Å². The summed E-state index contributed by atoms with van der Waals surface area (Å²) >= 11 is 1.61. The van der Waals surface area contributed by atoms with E-state index in [1.165, 1.54) is 18.1 Å². The highest BCUT2D eigenvalue weighted by Gasteiger charge is 2.60. The fraction of sp³-hybridized carbons (Fsp3) is 0.423. The number of thioether (sulfide) groups is 1. The zero-order chi connectivity index (χ0) is 24.7. The Labute approximate surface area is 207 Å². The number of Topliss-reactive ketones (excluding diaryl/α,β-unsaturated/α-hetero) is 1. The van der Waals surface area contributed by atoms with E-state index in [-0.39, 0.29) is 11.2 Å². The van der Waals surface area contributed by atoms with E-state index < -0.39 is 11.6 Å². The van der Waals surface area contributed by atoms with E-state index in [1.54, 1.807) is 25.8 Å². The number of halogens is 2. The summed E-state index contributed by atoms with van der Waals surface area (Å²) in [7, 11) is 3.43. The summed E-state index contributed by atoms with van der Waals surface area (Å²) in [6, 6.07) is 9.82. The molecule has 2 heterocycles. The maximum Gasteiger partial charge on any atom is 0.191 e. The Morgan fingerprint density at radius 2 is 2.03 bits per heavy atom. The number of fused-ring (bicyclic) bond motifs is 1. The number of ketones is 1. The second-order valence-corrected chi connectivity index (χ2v) is 10.5. The fourth-order valence-corrected chi connectivity index (χ4v) is 6.11. The maximum absolute atomic E-state index is 13.6. The van der Waals surface area contributed by atoms with E-state index in [0.29, 0.717) is 28.6 Å². The van der Waals surface area contributed by atoms with Gasteiger partial charge in [0, 0.05) is 36.9 Å². The van der Waals surface area contributed by atoms with Crippen molar-refractivity contribution >= 4 is 17.5 Å². The lowest BCUT2D eigenvalue weighted by molar-refractivity contribution is 0.101. The Kier molecular flexibility index (Phi) is 6.40. The normalized spacial score (nSPS) is 21.2. The van der Waals surface area contributed by atoms with Gasteiger partial charge < -0.3 is 14.2 Å². The van der Waals surface area contributed by atoms with Crippen LogP contribution < -0.4 is 4.74 Å². The Bertz CT molecular complexity index is 1280. The van der Waals surface area contributed by atoms with Crippen LogP contribution in [0.25, 0.3) is 11.4 Å². The summed E-state index contributed by atoms with van der Waals surface area (Å²) in [6.07, 6.45) is 2.18. The number of ether oxygens (including phenoxy) is 1. The van der Waals surface area contributed by atoms with Crippen LogP contribution in [0.3, 0.4) is 0 Å². The van der Waals surface area contributed by atoms with Crippen LogP contribution >= 0.6 is 11.8 Å². The molecule has 2 aromatic carbocycles. The van der Waals surface area contributed by atoms with Crippen LogP contribution in [0, 0.1) is 17.6 Å². The van der Waals surface area contributed by atoms with E-state index in [2.05, 4.69) is 21.2 Å². The molecule has 2 atom stereocenters. The molecule has 1 aliphatic carbocycles. The van der Waals surface area contributed by atoms with Crippen LogP contribution in [-0.4, -0.2) is 57.9 Å². The molecule has 0 radical (unpaired) electrons. The lowest BCUT2D eigenvalue weighted by Crippen LogP contribution is -2.28. The van der Waals surface area contributed by atoms with Gasteiger partial charge in [-0.2, -0.15) is 0 Å². The number of benzene rings is 2. The highest BCUT2D eigenvalue weighted by Crippen LogP contribution is 2.59. The predicted molar refractivity (Wildman–Crippen MR) is 131 cm³/mol. The number of hydrogen-bond acceptors (Lipinski definition) is 6. The molecule has 3 aromatic rings. The quantitative estimate of drug-likeness (QED) is 0.242. The van der Waals surface area contributed by atoms with Gasteiger partial charge in [-0.05, 0) is 68.1 Å². The molecule has 0 amide bonds. The molecule has 6 nitrogen and oxygen atoms in total. The van der Waals surface area contributed by atoms with Crippen molar-refractivity contribution < 1.29 is 18.3 Å². The Morgan fingerprint density at radius 3 is 2.77 bits per heavy atom. The summed E-state index contributed by atoms with van der Waals surface area (Å²) in [5.41, 5.74) is 2.56. The first kappa shape index (κ1) is 23.9. The Morgan fingerprint density at radius 1 is 1.20 bits per heavy atom. The SMILES string of the molecule is COc1ccc(C23CC2CN(CCCSc2nnc(-c4ccc(F)c(F)c4)n2C)C3)cc1C(C)=O. The first-order valence-electron chi connectivity index (χ1n) is 11.7. The summed E-state index contributed by atoms with van der Waals surface area (Å²) < 4.78 is 34.0. The van der Waals surface area contributed by atoms with Crippen molar-refractivity contribution in [2.75, 3.05) is 32.5 Å². The monoisotopic (exact) mass is 498 g/mol. The van der Waals surface area contributed by atoms with Crippen molar-refractivity contribution in [2.45, 2.75) is 30.3 Å². The van der Waals surface area contributed by atoms with E-state index in [4.69, 9.17) is 4.74 Å². The summed E-state index contributed by atoms with van der Waals surface area (Å²) in [6.45, 7) is 4.67. The standard InChI is InChI=1S/C26H28F2N4O2S/c1-16(33)20-12-18(6-8-23(20)34-3)26-13-19(26)14-32(15-26)9-4-10-35-25-30-29-24(31(25)2)17-5-7-21(27)22(28)11-17/h5-8,11-12,19H,4,9-10,13-15H2,1-3H3. The molecule has 0 N–H and O–H groups in total. The first-order chi connectivity index (χ1) is 16.8. The number of nitrogens with zero attached hydrogens (tertiary/aromatic N) is 4. The minimum atomic E-state index is -0.895. The lowest BCUT2D eigenvalue weighted by Gasteiger charge is -2.21. The Balaban J connectivity index is 1.15. The number of aromatic nitrogens is 3. The fourth-order valence-electron chi connectivity index (χ4n) is 5.28. The number of piperidine rings is 1. The third kappa shape index (κ3) is 4.47. The zero-order valence-corrected chi connectivity index (χ0v) is 20.9. The predicted octanol–water partition coefficient (Wildman–Crippen LogP) is 4.73. The van der Waals surface area contributed by atoms with Gasteiger partial charge in [-0.15, -0.1) is 10.2 Å². The Hall–Kier alpha value is -2.78. The summed E-state index contributed by atoms with van der Waals surface area (Å²) in [5, 5.41) is 9.14. The first-order valence-corrected chi connectivity index (χ1v) is 12.7. The van der Waals surface area contributed by atoms with Gasteiger partial charge in [-0.3, -0.25) is 4.79 Å². The van der Waals surface area contributed by atoms with Crippen LogP contribution in [0.2, 0.25) is 0 Å². The van der Waals surface area contributed by atoms with E-state index in [1.807, 2.05) is 23.7 Å².